The average molecular weight is 596 g/mol. The van der Waals surface area contributed by atoms with Gasteiger partial charge in [0, 0.05) is 21.7 Å². The van der Waals surface area contributed by atoms with Crippen LogP contribution in [0.15, 0.2) is 170 Å². The van der Waals surface area contributed by atoms with E-state index in [1.165, 1.54) is 92.8 Å². The van der Waals surface area contributed by atoms with Crippen LogP contribution in [0.3, 0.4) is 0 Å². The van der Waals surface area contributed by atoms with Gasteiger partial charge in [-0.25, -0.2) is 0 Å². The van der Waals surface area contributed by atoms with E-state index in [0.29, 0.717) is 0 Å². The number of aromatic amines is 1. The number of aromatic nitrogens is 1. The first-order valence-electron chi connectivity index (χ1n) is 16.3. The fourth-order valence-electron chi connectivity index (χ4n) is 7.85. The van der Waals surface area contributed by atoms with Crippen LogP contribution in [0.1, 0.15) is 0 Å². The molecule has 0 spiro atoms. The minimum absolute atomic E-state index is 1.16. The molecule has 1 heteroatoms. The SMILES string of the molecule is c1cc(-c2ccc3[nH]c4c5ccccc5ccc4c3c2)cc(-c2c3ccccc3c(-c3cccc4ccccc34)c3ccccc23)c1. The lowest BCUT2D eigenvalue weighted by Gasteiger charge is -2.19. The average Bonchev–Trinajstić information content (AvgIpc) is 3.52. The van der Waals surface area contributed by atoms with E-state index in [2.05, 4.69) is 175 Å². The van der Waals surface area contributed by atoms with Gasteiger partial charge in [-0.15, -0.1) is 0 Å². The Labute approximate surface area is 272 Å². The molecule has 9 aromatic carbocycles. The molecule has 0 bridgehead atoms. The third kappa shape index (κ3) is 3.97. The van der Waals surface area contributed by atoms with Crippen molar-refractivity contribution in [2.24, 2.45) is 0 Å². The highest BCUT2D eigenvalue weighted by molar-refractivity contribution is 6.24. The summed E-state index contributed by atoms with van der Waals surface area (Å²) >= 11 is 0. The molecule has 0 radical (unpaired) electrons. The van der Waals surface area contributed by atoms with Crippen molar-refractivity contribution in [3.05, 3.63) is 170 Å². The first-order chi connectivity index (χ1) is 23.3. The fourth-order valence-corrected chi connectivity index (χ4v) is 7.85. The quantitative estimate of drug-likeness (QED) is 0.196. The van der Waals surface area contributed by atoms with Gasteiger partial charge in [-0.05, 0) is 89.3 Å². The maximum atomic E-state index is 3.71. The Morgan fingerprint density at radius 1 is 0.298 bits per heavy atom. The molecule has 10 rings (SSSR count). The van der Waals surface area contributed by atoms with Crippen LogP contribution in [0, 0.1) is 0 Å². The highest BCUT2D eigenvalue weighted by atomic mass is 14.7. The predicted octanol–water partition coefficient (Wildman–Crippen LogP) is 12.9. The Morgan fingerprint density at radius 3 is 1.60 bits per heavy atom. The molecule has 1 aromatic heterocycles. The predicted molar refractivity (Wildman–Crippen MR) is 202 cm³/mol. The van der Waals surface area contributed by atoms with Crippen LogP contribution in [-0.4, -0.2) is 4.98 Å². The maximum Gasteiger partial charge on any atom is 0.0544 e. The van der Waals surface area contributed by atoms with Crippen molar-refractivity contribution in [2.45, 2.75) is 0 Å². The van der Waals surface area contributed by atoms with Crippen molar-refractivity contribution in [2.75, 3.05) is 0 Å². The van der Waals surface area contributed by atoms with E-state index in [9.17, 15) is 0 Å². The number of hydrogen-bond donors (Lipinski definition) is 1. The van der Waals surface area contributed by atoms with E-state index in [4.69, 9.17) is 0 Å². The van der Waals surface area contributed by atoms with Crippen molar-refractivity contribution in [1.29, 1.82) is 0 Å². The molecule has 0 atom stereocenters. The molecule has 0 aliphatic rings. The van der Waals surface area contributed by atoms with E-state index >= 15 is 0 Å². The number of rotatable bonds is 3. The summed E-state index contributed by atoms with van der Waals surface area (Å²) in [5.74, 6) is 0. The third-order valence-corrected chi connectivity index (χ3v) is 9.97. The molecule has 218 valence electrons. The zero-order valence-electron chi connectivity index (χ0n) is 25.7. The number of hydrogen-bond acceptors (Lipinski definition) is 0. The van der Waals surface area contributed by atoms with Gasteiger partial charge in [-0.1, -0.05) is 152 Å². The zero-order valence-corrected chi connectivity index (χ0v) is 25.7. The summed E-state index contributed by atoms with van der Waals surface area (Å²) in [6.45, 7) is 0. The van der Waals surface area contributed by atoms with Gasteiger partial charge in [0.25, 0.3) is 0 Å². The monoisotopic (exact) mass is 595 g/mol. The van der Waals surface area contributed by atoms with Crippen LogP contribution < -0.4 is 0 Å². The van der Waals surface area contributed by atoms with Gasteiger partial charge in [0.1, 0.15) is 0 Å². The minimum atomic E-state index is 1.16. The molecule has 0 fully saturated rings. The molecule has 1 nitrogen and oxygen atoms in total. The summed E-state index contributed by atoms with van der Waals surface area (Å²) in [5.41, 5.74) is 9.87. The summed E-state index contributed by atoms with van der Waals surface area (Å²) in [6.07, 6.45) is 0. The van der Waals surface area contributed by atoms with Crippen LogP contribution in [0.5, 0.6) is 0 Å². The van der Waals surface area contributed by atoms with Crippen molar-refractivity contribution in [3.8, 4) is 33.4 Å². The van der Waals surface area contributed by atoms with Gasteiger partial charge >= 0.3 is 0 Å². The lowest BCUT2D eigenvalue weighted by atomic mass is 9.84. The van der Waals surface area contributed by atoms with Crippen molar-refractivity contribution < 1.29 is 0 Å². The van der Waals surface area contributed by atoms with Gasteiger partial charge in [0.2, 0.25) is 0 Å². The lowest BCUT2D eigenvalue weighted by molar-refractivity contribution is 1.56. The molecule has 47 heavy (non-hydrogen) atoms. The van der Waals surface area contributed by atoms with Crippen LogP contribution in [-0.2, 0) is 0 Å². The Morgan fingerprint density at radius 2 is 0.851 bits per heavy atom. The molecule has 0 unspecified atom stereocenters. The molecule has 0 aliphatic heterocycles. The van der Waals surface area contributed by atoms with E-state index in [1.54, 1.807) is 0 Å². The molecule has 10 aromatic rings. The minimum Gasteiger partial charge on any atom is -0.354 e. The maximum absolute atomic E-state index is 3.71. The molecule has 0 saturated carbocycles. The van der Waals surface area contributed by atoms with E-state index < -0.39 is 0 Å². The number of H-pyrrole nitrogens is 1. The summed E-state index contributed by atoms with van der Waals surface area (Å²) in [6, 6.07) is 62.3. The Bertz CT molecular complexity index is 2790. The van der Waals surface area contributed by atoms with Crippen LogP contribution in [0.25, 0.3) is 98.3 Å². The Hall–Kier alpha value is -6.18. The zero-order chi connectivity index (χ0) is 30.9. The highest BCUT2D eigenvalue weighted by Gasteiger charge is 2.18. The number of fused-ring (bicyclic) bond motifs is 8. The number of benzene rings is 9. The number of nitrogens with one attached hydrogen (secondary N) is 1. The van der Waals surface area contributed by atoms with Gasteiger partial charge < -0.3 is 4.98 Å². The second kappa shape index (κ2) is 10.2. The first-order valence-corrected chi connectivity index (χ1v) is 16.3. The summed E-state index contributed by atoms with van der Waals surface area (Å²) in [5, 5.41) is 12.7. The standard InChI is InChI=1S/C46H29N/c1-3-16-34-29(11-1)13-10-22-36(34)45-39-20-7-5-18-37(39)44(38-19-6-8-21-40(38)45)33-15-9-14-31(27-33)32-24-26-43-42(28-32)41-25-23-30-12-2-4-17-35(30)46(41)47-43/h1-28,47H. The second-order valence-corrected chi connectivity index (χ2v) is 12.5. The Kier molecular flexibility index (Phi) is 5.64. The van der Waals surface area contributed by atoms with Gasteiger partial charge in [-0.3, -0.25) is 0 Å². The molecule has 1 heterocycles. The van der Waals surface area contributed by atoms with Crippen molar-refractivity contribution in [3.63, 3.8) is 0 Å². The first kappa shape index (κ1) is 26.1. The highest BCUT2D eigenvalue weighted by Crippen LogP contribution is 2.46. The summed E-state index contributed by atoms with van der Waals surface area (Å²) in [7, 11) is 0. The van der Waals surface area contributed by atoms with Crippen LogP contribution in [0.4, 0.5) is 0 Å². The topological polar surface area (TPSA) is 15.8 Å². The Balaban J connectivity index is 1.20. The lowest BCUT2D eigenvalue weighted by Crippen LogP contribution is -1.92. The van der Waals surface area contributed by atoms with Crippen LogP contribution in [0.2, 0.25) is 0 Å². The van der Waals surface area contributed by atoms with Crippen molar-refractivity contribution >= 4 is 64.9 Å². The third-order valence-electron chi connectivity index (χ3n) is 9.97. The molecular formula is C46H29N. The summed E-state index contributed by atoms with van der Waals surface area (Å²) < 4.78 is 0. The van der Waals surface area contributed by atoms with E-state index in [0.717, 1.165) is 5.52 Å². The normalized spacial score (nSPS) is 11.8. The molecule has 0 aliphatic carbocycles. The fraction of sp³-hybridized carbons (Fsp3) is 0. The van der Waals surface area contributed by atoms with Gasteiger partial charge in [-0.2, -0.15) is 0 Å². The summed E-state index contributed by atoms with van der Waals surface area (Å²) in [4.78, 5) is 3.71. The smallest absolute Gasteiger partial charge is 0.0544 e. The largest absolute Gasteiger partial charge is 0.354 e. The molecular weight excluding hydrogens is 567 g/mol. The molecule has 0 saturated heterocycles. The van der Waals surface area contributed by atoms with E-state index in [1.807, 2.05) is 0 Å². The second-order valence-electron chi connectivity index (χ2n) is 12.5. The molecule has 1 N–H and O–H groups in total. The van der Waals surface area contributed by atoms with Gasteiger partial charge in [0.05, 0.1) is 5.52 Å². The van der Waals surface area contributed by atoms with E-state index in [-0.39, 0.29) is 0 Å². The van der Waals surface area contributed by atoms with Crippen LogP contribution >= 0.6 is 0 Å². The molecule has 0 amide bonds. The van der Waals surface area contributed by atoms with Crippen molar-refractivity contribution in [1.82, 2.24) is 4.98 Å². The van der Waals surface area contributed by atoms with Gasteiger partial charge in [0.15, 0.2) is 0 Å².